The highest BCUT2D eigenvalue weighted by atomic mass is 19.1. The highest BCUT2D eigenvalue weighted by Gasteiger charge is 2.32. The van der Waals surface area contributed by atoms with Crippen LogP contribution in [0.2, 0.25) is 0 Å². The van der Waals surface area contributed by atoms with Crippen molar-refractivity contribution in [3.63, 3.8) is 0 Å². The molecule has 2 heterocycles. The zero-order valence-corrected chi connectivity index (χ0v) is 18.4. The number of rotatable bonds is 7. The van der Waals surface area contributed by atoms with Gasteiger partial charge in [-0.25, -0.2) is 9.07 Å². The number of likely N-dealkylation sites (tertiary alicyclic amines) is 1. The van der Waals surface area contributed by atoms with Crippen LogP contribution in [0.4, 0.5) is 10.1 Å². The molecule has 32 heavy (non-hydrogen) atoms. The largest absolute Gasteiger partial charge is 0.378 e. The average molecular weight is 438 g/mol. The monoisotopic (exact) mass is 437 g/mol. The third-order valence-corrected chi connectivity index (χ3v) is 6.07. The third-order valence-electron chi connectivity index (χ3n) is 6.07. The molecule has 0 saturated carbocycles. The second-order valence-corrected chi connectivity index (χ2v) is 8.42. The van der Waals surface area contributed by atoms with Gasteiger partial charge in [-0.2, -0.15) is 0 Å². The molecule has 1 unspecified atom stereocenters. The lowest BCUT2D eigenvalue weighted by Gasteiger charge is -2.36. The number of amides is 1. The van der Waals surface area contributed by atoms with E-state index in [1.807, 2.05) is 14.1 Å². The summed E-state index contributed by atoms with van der Waals surface area (Å²) in [6, 6.07) is 14.5. The summed E-state index contributed by atoms with van der Waals surface area (Å²) in [5, 5.41) is 12.5. The number of nitrogens with two attached hydrogens (primary N) is 1. The number of hydrogen-bond donors (Lipinski definition) is 1. The van der Waals surface area contributed by atoms with Gasteiger partial charge in [0.15, 0.2) is 5.82 Å². The van der Waals surface area contributed by atoms with Crippen molar-refractivity contribution in [2.75, 3.05) is 32.1 Å². The number of tetrazole rings is 1. The van der Waals surface area contributed by atoms with Gasteiger partial charge < -0.3 is 10.6 Å². The molecule has 9 heteroatoms. The highest BCUT2D eigenvalue weighted by Crippen LogP contribution is 2.32. The van der Waals surface area contributed by atoms with E-state index in [-0.39, 0.29) is 23.7 Å². The number of piperidine rings is 1. The Hall–Kier alpha value is -3.33. The number of halogens is 1. The quantitative estimate of drug-likeness (QED) is 0.609. The predicted molar refractivity (Wildman–Crippen MR) is 119 cm³/mol. The Morgan fingerprint density at radius 3 is 2.38 bits per heavy atom. The number of primary amides is 1. The fourth-order valence-corrected chi connectivity index (χ4v) is 4.20. The SMILES string of the molecule is CN(C)c1ccc(C(c2nnnn2Cc2ccc(F)cc2)N2CCC(C(N)=O)CC2)cc1. The van der Waals surface area contributed by atoms with Crippen LogP contribution in [-0.2, 0) is 11.3 Å². The summed E-state index contributed by atoms with van der Waals surface area (Å²) in [6.07, 6.45) is 1.42. The van der Waals surface area contributed by atoms with Crippen LogP contribution in [-0.4, -0.2) is 58.2 Å². The molecule has 1 amide bonds. The van der Waals surface area contributed by atoms with Gasteiger partial charge in [-0.1, -0.05) is 24.3 Å². The average Bonchev–Trinajstić information content (AvgIpc) is 3.24. The van der Waals surface area contributed by atoms with E-state index in [9.17, 15) is 9.18 Å². The smallest absolute Gasteiger partial charge is 0.220 e. The Bertz CT molecular complexity index is 1040. The summed E-state index contributed by atoms with van der Waals surface area (Å²) in [6.45, 7) is 1.88. The molecular formula is C23H28FN7O. The van der Waals surface area contributed by atoms with Crippen LogP contribution < -0.4 is 10.6 Å². The highest BCUT2D eigenvalue weighted by molar-refractivity contribution is 5.76. The van der Waals surface area contributed by atoms with Gasteiger partial charge in [0.1, 0.15) is 5.82 Å². The normalized spacial score (nSPS) is 16.1. The van der Waals surface area contributed by atoms with Gasteiger partial charge in [-0.3, -0.25) is 9.69 Å². The predicted octanol–water partition coefficient (Wildman–Crippen LogP) is 2.21. The molecule has 1 saturated heterocycles. The maximum Gasteiger partial charge on any atom is 0.220 e. The standard InChI is InChI=1S/C23H28FN7O/c1-29(2)20-9-5-17(6-10-20)21(30-13-11-18(12-14-30)22(25)32)23-26-27-28-31(23)15-16-3-7-19(24)8-4-16/h3-10,18,21H,11-15H2,1-2H3,(H2,25,32). The molecule has 4 rings (SSSR count). The van der Waals surface area contributed by atoms with Crippen molar-refractivity contribution in [1.82, 2.24) is 25.1 Å². The van der Waals surface area contributed by atoms with Crippen molar-refractivity contribution < 1.29 is 9.18 Å². The minimum absolute atomic E-state index is 0.0989. The van der Waals surface area contributed by atoms with Crippen LogP contribution in [0, 0.1) is 11.7 Å². The van der Waals surface area contributed by atoms with Gasteiger partial charge >= 0.3 is 0 Å². The molecule has 2 N–H and O–H groups in total. The Morgan fingerprint density at radius 2 is 1.78 bits per heavy atom. The zero-order chi connectivity index (χ0) is 22.7. The van der Waals surface area contributed by atoms with E-state index in [1.54, 1.807) is 16.8 Å². The van der Waals surface area contributed by atoms with Crippen molar-refractivity contribution in [2.24, 2.45) is 11.7 Å². The number of benzene rings is 2. The number of nitrogens with zero attached hydrogens (tertiary/aromatic N) is 6. The van der Waals surface area contributed by atoms with E-state index in [2.05, 4.69) is 49.6 Å². The second kappa shape index (κ2) is 9.44. The van der Waals surface area contributed by atoms with Gasteiger partial charge in [0.25, 0.3) is 0 Å². The molecule has 1 aliphatic heterocycles. The number of aromatic nitrogens is 4. The van der Waals surface area contributed by atoms with Crippen molar-refractivity contribution in [3.05, 3.63) is 71.3 Å². The van der Waals surface area contributed by atoms with Crippen molar-refractivity contribution in [1.29, 1.82) is 0 Å². The topological polar surface area (TPSA) is 93.2 Å². The zero-order valence-electron chi connectivity index (χ0n) is 18.4. The van der Waals surface area contributed by atoms with Crippen molar-refractivity contribution in [3.8, 4) is 0 Å². The maximum atomic E-state index is 13.3. The summed E-state index contributed by atoms with van der Waals surface area (Å²) in [5.41, 5.74) is 8.62. The minimum Gasteiger partial charge on any atom is -0.378 e. The van der Waals surface area contributed by atoms with Crippen LogP contribution in [0.3, 0.4) is 0 Å². The number of hydrogen-bond acceptors (Lipinski definition) is 6. The molecule has 2 aromatic carbocycles. The lowest BCUT2D eigenvalue weighted by molar-refractivity contribution is -0.123. The molecule has 168 valence electrons. The van der Waals surface area contributed by atoms with E-state index in [0.29, 0.717) is 25.2 Å². The maximum absolute atomic E-state index is 13.3. The second-order valence-electron chi connectivity index (χ2n) is 8.42. The van der Waals surface area contributed by atoms with E-state index in [0.717, 1.165) is 29.9 Å². The van der Waals surface area contributed by atoms with E-state index < -0.39 is 0 Å². The van der Waals surface area contributed by atoms with Gasteiger partial charge in [-0.05, 0) is 71.8 Å². The Labute approximate surface area is 186 Å². The third kappa shape index (κ3) is 4.77. The molecule has 0 aliphatic carbocycles. The van der Waals surface area contributed by atoms with Gasteiger partial charge in [0.05, 0.1) is 12.6 Å². The van der Waals surface area contributed by atoms with E-state index in [1.165, 1.54) is 12.1 Å². The molecule has 8 nitrogen and oxygen atoms in total. The molecule has 1 fully saturated rings. The Kier molecular flexibility index (Phi) is 6.45. The molecule has 1 atom stereocenters. The summed E-state index contributed by atoms with van der Waals surface area (Å²) < 4.78 is 15.1. The summed E-state index contributed by atoms with van der Waals surface area (Å²) >= 11 is 0. The molecular weight excluding hydrogens is 409 g/mol. The van der Waals surface area contributed by atoms with Crippen molar-refractivity contribution >= 4 is 11.6 Å². The van der Waals surface area contributed by atoms with E-state index >= 15 is 0 Å². The summed E-state index contributed by atoms with van der Waals surface area (Å²) in [5.74, 6) is 0.0993. The van der Waals surface area contributed by atoms with E-state index in [4.69, 9.17) is 5.73 Å². The molecule has 0 radical (unpaired) electrons. The summed E-state index contributed by atoms with van der Waals surface area (Å²) in [4.78, 5) is 16.0. The lowest BCUT2D eigenvalue weighted by atomic mass is 9.93. The van der Waals surface area contributed by atoms with Crippen LogP contribution >= 0.6 is 0 Å². The fourth-order valence-electron chi connectivity index (χ4n) is 4.20. The molecule has 1 aliphatic rings. The Morgan fingerprint density at radius 1 is 1.12 bits per heavy atom. The van der Waals surface area contributed by atoms with Gasteiger partial charge in [0, 0.05) is 25.7 Å². The fraction of sp³-hybridized carbons (Fsp3) is 0.391. The molecule has 3 aromatic rings. The first-order chi connectivity index (χ1) is 15.4. The molecule has 0 spiro atoms. The van der Waals surface area contributed by atoms with Crippen LogP contribution in [0.15, 0.2) is 48.5 Å². The Balaban J connectivity index is 1.66. The van der Waals surface area contributed by atoms with Crippen LogP contribution in [0.25, 0.3) is 0 Å². The first-order valence-electron chi connectivity index (χ1n) is 10.7. The van der Waals surface area contributed by atoms with Gasteiger partial charge in [0.2, 0.25) is 5.91 Å². The number of carbonyl (C=O) groups excluding carboxylic acids is 1. The number of anilines is 1. The number of carbonyl (C=O) groups is 1. The summed E-state index contributed by atoms with van der Waals surface area (Å²) in [7, 11) is 4.01. The first-order valence-corrected chi connectivity index (χ1v) is 10.7. The van der Waals surface area contributed by atoms with Gasteiger partial charge in [-0.15, -0.1) is 5.10 Å². The van der Waals surface area contributed by atoms with Crippen LogP contribution in [0.5, 0.6) is 0 Å². The molecule has 1 aromatic heterocycles. The minimum atomic E-state index is -0.276. The van der Waals surface area contributed by atoms with Crippen LogP contribution in [0.1, 0.15) is 35.8 Å². The lowest BCUT2D eigenvalue weighted by Crippen LogP contribution is -2.41. The van der Waals surface area contributed by atoms with Crippen molar-refractivity contribution in [2.45, 2.75) is 25.4 Å². The first kappa shape index (κ1) is 21.9. The molecule has 0 bridgehead atoms.